The number of amides is 1. The second-order valence-corrected chi connectivity index (χ2v) is 5.16. The van der Waals surface area contributed by atoms with E-state index in [0.717, 1.165) is 25.8 Å². The van der Waals surface area contributed by atoms with Crippen molar-refractivity contribution >= 4 is 5.91 Å². The van der Waals surface area contributed by atoms with E-state index in [1.165, 1.54) is 0 Å². The molecule has 1 saturated heterocycles. The molecule has 0 radical (unpaired) electrons. The lowest BCUT2D eigenvalue weighted by molar-refractivity contribution is -0.136. The number of likely N-dealkylation sites (tertiary alicyclic amines) is 1. The Morgan fingerprint density at radius 2 is 2.29 bits per heavy atom. The molecule has 1 aliphatic rings. The molecule has 2 unspecified atom stereocenters. The first kappa shape index (κ1) is 14.0. The van der Waals surface area contributed by atoms with Crippen molar-refractivity contribution in [3.63, 3.8) is 0 Å². The van der Waals surface area contributed by atoms with Crippen LogP contribution in [0.3, 0.4) is 0 Å². The zero-order valence-corrected chi connectivity index (χ0v) is 10.7. The van der Waals surface area contributed by atoms with E-state index in [2.05, 4.69) is 6.07 Å². The van der Waals surface area contributed by atoms with Crippen molar-refractivity contribution in [2.24, 2.45) is 17.8 Å². The van der Waals surface area contributed by atoms with Crippen molar-refractivity contribution in [3.05, 3.63) is 0 Å². The summed E-state index contributed by atoms with van der Waals surface area (Å²) in [5, 5.41) is 18.0. The van der Waals surface area contributed by atoms with E-state index in [1.807, 2.05) is 13.8 Å². The van der Waals surface area contributed by atoms with E-state index < -0.39 is 5.92 Å². The molecule has 0 aromatic rings. The van der Waals surface area contributed by atoms with Crippen molar-refractivity contribution in [3.8, 4) is 6.07 Å². The molecule has 4 nitrogen and oxygen atoms in total. The second-order valence-electron chi connectivity index (χ2n) is 5.16. The van der Waals surface area contributed by atoms with Crippen LogP contribution in [-0.2, 0) is 4.79 Å². The molecular formula is C13H22N2O2. The first-order chi connectivity index (χ1) is 8.10. The Morgan fingerprint density at radius 3 is 2.82 bits per heavy atom. The fourth-order valence-corrected chi connectivity index (χ4v) is 2.37. The number of hydrogen-bond acceptors (Lipinski definition) is 3. The van der Waals surface area contributed by atoms with Gasteiger partial charge in [0.2, 0.25) is 5.91 Å². The van der Waals surface area contributed by atoms with E-state index >= 15 is 0 Å². The molecule has 0 aliphatic carbocycles. The summed E-state index contributed by atoms with van der Waals surface area (Å²) in [4.78, 5) is 14.0. The first-order valence-corrected chi connectivity index (χ1v) is 6.39. The van der Waals surface area contributed by atoms with Gasteiger partial charge in [0.25, 0.3) is 0 Å². The summed E-state index contributed by atoms with van der Waals surface area (Å²) in [6, 6.07) is 2.10. The lowest BCUT2D eigenvalue weighted by Crippen LogP contribution is -2.44. The summed E-state index contributed by atoms with van der Waals surface area (Å²) >= 11 is 0. The van der Waals surface area contributed by atoms with Gasteiger partial charge in [-0.25, -0.2) is 0 Å². The van der Waals surface area contributed by atoms with Gasteiger partial charge in [-0.1, -0.05) is 13.8 Å². The number of nitrogens with zero attached hydrogens (tertiary/aromatic N) is 2. The largest absolute Gasteiger partial charge is 0.396 e. The molecule has 0 saturated carbocycles. The highest BCUT2D eigenvalue weighted by atomic mass is 16.3. The molecule has 1 N–H and O–H groups in total. The van der Waals surface area contributed by atoms with Gasteiger partial charge in [-0.15, -0.1) is 0 Å². The van der Waals surface area contributed by atoms with Crippen LogP contribution in [0, 0.1) is 29.1 Å². The van der Waals surface area contributed by atoms with Crippen LogP contribution >= 0.6 is 0 Å². The molecule has 1 aliphatic heterocycles. The Hall–Kier alpha value is -1.08. The van der Waals surface area contributed by atoms with Crippen molar-refractivity contribution < 1.29 is 9.90 Å². The maximum Gasteiger partial charge on any atom is 0.240 e. The molecule has 96 valence electrons. The van der Waals surface area contributed by atoms with Crippen LogP contribution in [0.2, 0.25) is 0 Å². The van der Waals surface area contributed by atoms with Crippen LogP contribution < -0.4 is 0 Å². The zero-order chi connectivity index (χ0) is 12.8. The highest BCUT2D eigenvalue weighted by molar-refractivity contribution is 5.81. The van der Waals surface area contributed by atoms with Crippen LogP contribution in [0.25, 0.3) is 0 Å². The second kappa shape index (κ2) is 6.61. The number of piperidine rings is 1. The standard InChI is InChI=1S/C13H22N2O2/c1-10(2)12(8-14)13(17)15-6-3-4-11(9-15)5-7-16/h10-12,16H,3-7,9H2,1-2H3. The van der Waals surface area contributed by atoms with E-state index in [1.54, 1.807) is 4.90 Å². The van der Waals surface area contributed by atoms with Gasteiger partial charge in [-0.05, 0) is 31.1 Å². The molecule has 0 bridgehead atoms. The Labute approximate surface area is 103 Å². The fourth-order valence-electron chi connectivity index (χ4n) is 2.37. The van der Waals surface area contributed by atoms with Gasteiger partial charge in [-0.3, -0.25) is 4.79 Å². The number of aliphatic hydroxyl groups is 1. The average Bonchev–Trinajstić information content (AvgIpc) is 2.30. The molecule has 0 aromatic heterocycles. The molecule has 17 heavy (non-hydrogen) atoms. The summed E-state index contributed by atoms with van der Waals surface area (Å²) in [6.45, 7) is 5.44. The van der Waals surface area contributed by atoms with Gasteiger partial charge in [0.15, 0.2) is 0 Å². The van der Waals surface area contributed by atoms with E-state index in [0.29, 0.717) is 12.5 Å². The molecular weight excluding hydrogens is 216 g/mol. The minimum atomic E-state index is -0.525. The number of carbonyl (C=O) groups is 1. The Morgan fingerprint density at radius 1 is 1.59 bits per heavy atom. The van der Waals surface area contributed by atoms with Crippen molar-refractivity contribution in [2.75, 3.05) is 19.7 Å². The predicted molar refractivity (Wildman–Crippen MR) is 64.9 cm³/mol. The summed E-state index contributed by atoms with van der Waals surface area (Å²) in [5.74, 6) is -0.108. The normalized spacial score (nSPS) is 22.3. The SMILES string of the molecule is CC(C)C(C#N)C(=O)N1CCCC(CCO)C1. The van der Waals surface area contributed by atoms with Crippen molar-refractivity contribution in [2.45, 2.75) is 33.1 Å². The molecule has 1 amide bonds. The highest BCUT2D eigenvalue weighted by Gasteiger charge is 2.30. The Balaban J connectivity index is 2.60. The maximum atomic E-state index is 12.2. The number of aliphatic hydroxyl groups excluding tert-OH is 1. The van der Waals surface area contributed by atoms with Gasteiger partial charge < -0.3 is 10.0 Å². The van der Waals surface area contributed by atoms with Crippen LogP contribution in [0.1, 0.15) is 33.1 Å². The quantitative estimate of drug-likeness (QED) is 0.805. The number of nitriles is 1. The third-order valence-electron chi connectivity index (χ3n) is 3.44. The summed E-state index contributed by atoms with van der Waals surface area (Å²) in [6.07, 6.45) is 2.80. The number of rotatable bonds is 4. The lowest BCUT2D eigenvalue weighted by atomic mass is 9.91. The Bertz CT molecular complexity index is 294. The first-order valence-electron chi connectivity index (χ1n) is 6.39. The van der Waals surface area contributed by atoms with Crippen LogP contribution in [-0.4, -0.2) is 35.6 Å². The monoisotopic (exact) mass is 238 g/mol. The van der Waals surface area contributed by atoms with E-state index in [-0.39, 0.29) is 18.4 Å². The molecule has 1 rings (SSSR count). The van der Waals surface area contributed by atoms with Gasteiger partial charge in [0, 0.05) is 19.7 Å². The zero-order valence-electron chi connectivity index (χ0n) is 10.7. The highest BCUT2D eigenvalue weighted by Crippen LogP contribution is 2.22. The number of hydrogen-bond donors (Lipinski definition) is 1. The minimum Gasteiger partial charge on any atom is -0.396 e. The van der Waals surface area contributed by atoms with Crippen LogP contribution in [0.4, 0.5) is 0 Å². The molecule has 0 aromatic carbocycles. The van der Waals surface area contributed by atoms with Gasteiger partial charge in [0.05, 0.1) is 6.07 Å². The predicted octanol–water partition coefficient (Wildman–Crippen LogP) is 1.40. The third-order valence-corrected chi connectivity index (χ3v) is 3.44. The fraction of sp³-hybridized carbons (Fsp3) is 0.846. The Kier molecular flexibility index (Phi) is 5.43. The van der Waals surface area contributed by atoms with Crippen LogP contribution in [0.15, 0.2) is 0 Å². The molecule has 1 fully saturated rings. The van der Waals surface area contributed by atoms with E-state index in [9.17, 15) is 4.79 Å². The topological polar surface area (TPSA) is 64.3 Å². The summed E-state index contributed by atoms with van der Waals surface area (Å²) in [7, 11) is 0. The van der Waals surface area contributed by atoms with Gasteiger partial charge in [0.1, 0.15) is 5.92 Å². The smallest absolute Gasteiger partial charge is 0.240 e. The number of carbonyl (C=O) groups excluding carboxylic acids is 1. The van der Waals surface area contributed by atoms with Crippen molar-refractivity contribution in [1.82, 2.24) is 4.90 Å². The molecule has 2 atom stereocenters. The van der Waals surface area contributed by atoms with Gasteiger partial charge >= 0.3 is 0 Å². The van der Waals surface area contributed by atoms with Gasteiger partial charge in [-0.2, -0.15) is 5.26 Å². The maximum absolute atomic E-state index is 12.2. The lowest BCUT2D eigenvalue weighted by Gasteiger charge is -2.34. The molecule has 0 spiro atoms. The van der Waals surface area contributed by atoms with Crippen molar-refractivity contribution in [1.29, 1.82) is 5.26 Å². The molecule has 4 heteroatoms. The third kappa shape index (κ3) is 3.71. The minimum absolute atomic E-state index is 0.0369. The average molecular weight is 238 g/mol. The molecule has 1 heterocycles. The van der Waals surface area contributed by atoms with Crippen LogP contribution in [0.5, 0.6) is 0 Å². The van der Waals surface area contributed by atoms with E-state index in [4.69, 9.17) is 10.4 Å². The summed E-state index contributed by atoms with van der Waals surface area (Å²) in [5.41, 5.74) is 0. The summed E-state index contributed by atoms with van der Waals surface area (Å²) < 4.78 is 0.